The molecule has 0 fully saturated rings. The molecule has 3 aromatic rings. The van der Waals surface area contributed by atoms with Gasteiger partial charge in [-0.15, -0.1) is 10.2 Å². The summed E-state index contributed by atoms with van der Waals surface area (Å²) in [7, 11) is 1.83. The molecule has 28 heavy (non-hydrogen) atoms. The minimum atomic E-state index is -0.0955. The molecule has 1 heterocycles. The van der Waals surface area contributed by atoms with Gasteiger partial charge in [0, 0.05) is 18.6 Å². The molecule has 0 aliphatic carbocycles. The lowest BCUT2D eigenvalue weighted by Gasteiger charge is -2.08. The molecule has 0 saturated carbocycles. The van der Waals surface area contributed by atoms with E-state index in [1.54, 1.807) is 22.8 Å². The highest BCUT2D eigenvalue weighted by atomic mass is 35.5. The summed E-state index contributed by atoms with van der Waals surface area (Å²) in [5, 5.41) is 12.9. The minimum absolute atomic E-state index is 0.0955. The normalized spacial score (nSPS) is 10.7. The van der Waals surface area contributed by atoms with Crippen molar-refractivity contribution < 1.29 is 9.53 Å². The topological polar surface area (TPSA) is 69.0 Å². The number of halogens is 2. The summed E-state index contributed by atoms with van der Waals surface area (Å²) in [5.41, 5.74) is 0.948. The average molecular weight is 437 g/mol. The number of nitrogens with zero attached hydrogens (tertiary/aromatic N) is 3. The molecule has 2 aromatic carbocycles. The van der Waals surface area contributed by atoms with Crippen LogP contribution in [0, 0.1) is 0 Å². The van der Waals surface area contributed by atoms with E-state index in [-0.39, 0.29) is 18.3 Å². The Balaban J connectivity index is 1.48. The lowest BCUT2D eigenvalue weighted by Crippen LogP contribution is -2.24. The zero-order valence-corrected chi connectivity index (χ0v) is 17.4. The Bertz CT molecular complexity index is 965. The van der Waals surface area contributed by atoms with Crippen molar-refractivity contribution >= 4 is 40.9 Å². The number of thioether (sulfide) groups is 1. The third kappa shape index (κ3) is 5.64. The second-order valence-corrected chi connectivity index (χ2v) is 7.66. The number of para-hydroxylation sites is 1. The minimum Gasteiger partial charge on any atom is -0.484 e. The highest BCUT2D eigenvalue weighted by Crippen LogP contribution is 2.24. The predicted octanol–water partition coefficient (Wildman–Crippen LogP) is 4.11. The Kier molecular flexibility index (Phi) is 7.19. The third-order valence-electron chi connectivity index (χ3n) is 3.83. The van der Waals surface area contributed by atoms with E-state index in [0.29, 0.717) is 33.3 Å². The maximum absolute atomic E-state index is 12.1. The zero-order chi connectivity index (χ0) is 19.9. The van der Waals surface area contributed by atoms with Crippen LogP contribution in [0.3, 0.4) is 0 Å². The summed E-state index contributed by atoms with van der Waals surface area (Å²) in [5.74, 6) is 1.36. The van der Waals surface area contributed by atoms with Crippen LogP contribution in [-0.2, 0) is 25.0 Å². The van der Waals surface area contributed by atoms with Gasteiger partial charge in [0.2, 0.25) is 5.91 Å². The van der Waals surface area contributed by atoms with E-state index in [1.807, 2.05) is 37.4 Å². The molecule has 0 saturated heterocycles. The van der Waals surface area contributed by atoms with E-state index in [2.05, 4.69) is 15.5 Å². The summed E-state index contributed by atoms with van der Waals surface area (Å²) < 4.78 is 7.48. The van der Waals surface area contributed by atoms with Crippen molar-refractivity contribution in [2.24, 2.45) is 7.05 Å². The molecule has 9 heteroatoms. The van der Waals surface area contributed by atoms with Gasteiger partial charge < -0.3 is 14.6 Å². The first-order chi connectivity index (χ1) is 13.5. The zero-order valence-electron chi connectivity index (χ0n) is 15.1. The lowest BCUT2D eigenvalue weighted by atomic mass is 10.2. The smallest absolute Gasteiger partial charge is 0.230 e. The quantitative estimate of drug-likeness (QED) is 0.538. The molecule has 0 radical (unpaired) electrons. The molecule has 0 unspecified atom stereocenters. The van der Waals surface area contributed by atoms with Crippen LogP contribution in [0.25, 0.3) is 0 Å². The standard InChI is InChI=1S/C19H18Cl2N4O2S/c1-25-17(11-27-16-8-3-2-7-15(16)21)23-24-19(25)28-12-18(26)22-10-13-5-4-6-14(20)9-13/h2-9H,10-12H2,1H3,(H,22,26). The first-order valence-corrected chi connectivity index (χ1v) is 10.2. The SMILES string of the molecule is Cn1c(COc2ccccc2Cl)nnc1SCC(=O)NCc1cccc(Cl)c1. The second kappa shape index (κ2) is 9.82. The number of carbonyl (C=O) groups is 1. The van der Waals surface area contributed by atoms with Crippen molar-refractivity contribution in [1.29, 1.82) is 0 Å². The molecular weight excluding hydrogens is 419 g/mol. The van der Waals surface area contributed by atoms with Crippen molar-refractivity contribution in [2.45, 2.75) is 18.3 Å². The Labute approximate surface area is 177 Å². The molecule has 1 aromatic heterocycles. The fraction of sp³-hybridized carbons (Fsp3) is 0.211. The van der Waals surface area contributed by atoms with Gasteiger partial charge in [-0.1, -0.05) is 59.2 Å². The number of ether oxygens (including phenoxy) is 1. The maximum Gasteiger partial charge on any atom is 0.230 e. The summed E-state index contributed by atoms with van der Waals surface area (Å²) >= 11 is 13.3. The molecular formula is C19H18Cl2N4O2S. The molecule has 0 atom stereocenters. The summed E-state index contributed by atoms with van der Waals surface area (Å²) in [6.45, 7) is 0.657. The van der Waals surface area contributed by atoms with Gasteiger partial charge >= 0.3 is 0 Å². The van der Waals surface area contributed by atoms with Gasteiger partial charge in [-0.3, -0.25) is 4.79 Å². The Morgan fingerprint density at radius 3 is 2.79 bits per heavy atom. The fourth-order valence-electron chi connectivity index (χ4n) is 2.33. The van der Waals surface area contributed by atoms with E-state index in [1.165, 1.54) is 11.8 Å². The van der Waals surface area contributed by atoms with Crippen molar-refractivity contribution in [3.8, 4) is 5.75 Å². The van der Waals surface area contributed by atoms with Gasteiger partial charge in [0.25, 0.3) is 0 Å². The van der Waals surface area contributed by atoms with Crippen molar-refractivity contribution in [3.63, 3.8) is 0 Å². The van der Waals surface area contributed by atoms with E-state index >= 15 is 0 Å². The number of carbonyl (C=O) groups excluding carboxylic acids is 1. The highest BCUT2D eigenvalue weighted by Gasteiger charge is 2.12. The van der Waals surface area contributed by atoms with E-state index in [0.717, 1.165) is 5.56 Å². The number of nitrogens with one attached hydrogen (secondary N) is 1. The van der Waals surface area contributed by atoms with Crippen molar-refractivity contribution in [1.82, 2.24) is 20.1 Å². The van der Waals surface area contributed by atoms with Crippen LogP contribution in [0.5, 0.6) is 5.75 Å². The molecule has 1 N–H and O–H groups in total. The maximum atomic E-state index is 12.1. The number of rotatable bonds is 8. The highest BCUT2D eigenvalue weighted by molar-refractivity contribution is 7.99. The molecule has 146 valence electrons. The molecule has 0 aliphatic rings. The van der Waals surface area contributed by atoms with Crippen LogP contribution < -0.4 is 10.1 Å². The van der Waals surface area contributed by atoms with Gasteiger partial charge in [0.1, 0.15) is 12.4 Å². The van der Waals surface area contributed by atoms with Crippen molar-refractivity contribution in [2.75, 3.05) is 5.75 Å². The van der Waals surface area contributed by atoms with Crippen LogP contribution in [0.15, 0.2) is 53.7 Å². The lowest BCUT2D eigenvalue weighted by molar-refractivity contribution is -0.118. The summed E-state index contributed by atoms with van der Waals surface area (Å²) in [4.78, 5) is 12.1. The van der Waals surface area contributed by atoms with Crippen LogP contribution in [0.4, 0.5) is 0 Å². The van der Waals surface area contributed by atoms with Crippen LogP contribution in [0.2, 0.25) is 10.0 Å². The third-order valence-corrected chi connectivity index (χ3v) is 5.40. The Morgan fingerprint density at radius 2 is 2.00 bits per heavy atom. The molecule has 0 aliphatic heterocycles. The first-order valence-electron chi connectivity index (χ1n) is 8.42. The Hall–Kier alpha value is -2.22. The fourth-order valence-corrected chi connectivity index (χ4v) is 3.49. The van der Waals surface area contributed by atoms with Crippen LogP contribution in [-0.4, -0.2) is 26.4 Å². The molecule has 0 spiro atoms. The van der Waals surface area contributed by atoms with E-state index in [4.69, 9.17) is 27.9 Å². The molecule has 6 nitrogen and oxygen atoms in total. The van der Waals surface area contributed by atoms with Gasteiger partial charge in [0.05, 0.1) is 10.8 Å². The largest absolute Gasteiger partial charge is 0.484 e. The number of hydrogen-bond acceptors (Lipinski definition) is 5. The monoisotopic (exact) mass is 436 g/mol. The second-order valence-electron chi connectivity index (χ2n) is 5.87. The summed E-state index contributed by atoms with van der Waals surface area (Å²) in [6.07, 6.45) is 0. The van der Waals surface area contributed by atoms with Crippen LogP contribution >= 0.6 is 35.0 Å². The van der Waals surface area contributed by atoms with E-state index in [9.17, 15) is 4.79 Å². The van der Waals surface area contributed by atoms with Gasteiger partial charge in [-0.05, 0) is 29.8 Å². The van der Waals surface area contributed by atoms with E-state index < -0.39 is 0 Å². The van der Waals surface area contributed by atoms with Crippen molar-refractivity contribution in [3.05, 3.63) is 70.0 Å². The van der Waals surface area contributed by atoms with Gasteiger partial charge in [-0.2, -0.15) is 0 Å². The average Bonchev–Trinajstić information content (AvgIpc) is 3.04. The number of hydrogen-bond donors (Lipinski definition) is 1. The molecule has 1 amide bonds. The number of benzene rings is 2. The van der Waals surface area contributed by atoms with Gasteiger partial charge in [0.15, 0.2) is 11.0 Å². The number of amides is 1. The van der Waals surface area contributed by atoms with Gasteiger partial charge in [-0.25, -0.2) is 0 Å². The predicted molar refractivity (Wildman–Crippen MR) is 111 cm³/mol. The molecule has 3 rings (SSSR count). The van der Waals surface area contributed by atoms with Crippen LogP contribution in [0.1, 0.15) is 11.4 Å². The molecule has 0 bridgehead atoms. The first kappa shape index (κ1) is 20.5. The number of aromatic nitrogens is 3. The summed E-state index contributed by atoms with van der Waals surface area (Å²) in [6, 6.07) is 14.6. The Morgan fingerprint density at radius 1 is 1.18 bits per heavy atom.